The van der Waals surface area contributed by atoms with Crippen LogP contribution in [0.2, 0.25) is 0 Å². The van der Waals surface area contributed by atoms with Crippen LogP contribution < -0.4 is 14.4 Å². The van der Waals surface area contributed by atoms with Gasteiger partial charge in [-0.1, -0.05) is 48.5 Å². The number of nitrogens with one attached hydrogen (secondary N) is 1. The molecule has 160 valence electrons. The van der Waals surface area contributed by atoms with Gasteiger partial charge in [-0.25, -0.2) is 8.42 Å². The van der Waals surface area contributed by atoms with Gasteiger partial charge in [0.25, 0.3) is 15.9 Å². The zero-order valence-electron chi connectivity index (χ0n) is 17.2. The number of carbonyl (C=O) groups excluding carboxylic acids is 1. The Morgan fingerprint density at radius 2 is 1.71 bits per heavy atom. The van der Waals surface area contributed by atoms with Gasteiger partial charge in [0.05, 0.1) is 24.2 Å². The lowest BCUT2D eigenvalue weighted by molar-refractivity contribution is 0.0951. The van der Waals surface area contributed by atoms with E-state index in [-0.39, 0.29) is 23.4 Å². The van der Waals surface area contributed by atoms with Gasteiger partial charge in [-0.15, -0.1) is 0 Å². The van der Waals surface area contributed by atoms with E-state index in [4.69, 9.17) is 4.74 Å². The molecule has 7 heteroatoms. The van der Waals surface area contributed by atoms with E-state index >= 15 is 0 Å². The van der Waals surface area contributed by atoms with Gasteiger partial charge in [-0.05, 0) is 48.7 Å². The summed E-state index contributed by atoms with van der Waals surface area (Å²) in [6, 6.07) is 22.7. The quantitative estimate of drug-likeness (QED) is 0.580. The second kappa shape index (κ2) is 8.81. The Bertz CT molecular complexity index is 1170. The highest BCUT2D eigenvalue weighted by molar-refractivity contribution is 7.92. The summed E-state index contributed by atoms with van der Waals surface area (Å²) in [6.07, 6.45) is 1.92. The molecule has 4 rings (SSSR count). The molecule has 0 bridgehead atoms. The predicted octanol–water partition coefficient (Wildman–Crippen LogP) is 3.98. The number of para-hydroxylation sites is 2. The minimum absolute atomic E-state index is 0.0535. The summed E-state index contributed by atoms with van der Waals surface area (Å²) in [5, 5.41) is 2.90. The van der Waals surface area contributed by atoms with Crippen LogP contribution >= 0.6 is 0 Å². The molecule has 6 nitrogen and oxygen atoms in total. The molecule has 0 radical (unpaired) electrons. The summed E-state index contributed by atoms with van der Waals surface area (Å²) in [6.45, 7) is 0.127. The molecule has 1 aliphatic carbocycles. The maximum absolute atomic E-state index is 13.8. The molecule has 1 aliphatic rings. The monoisotopic (exact) mass is 436 g/mol. The summed E-state index contributed by atoms with van der Waals surface area (Å²) >= 11 is 0. The third-order valence-corrected chi connectivity index (χ3v) is 6.88. The summed E-state index contributed by atoms with van der Waals surface area (Å²) in [4.78, 5) is 12.5. The molecular formula is C24H24N2O4S. The fraction of sp³-hybridized carbons (Fsp3) is 0.208. The number of benzene rings is 3. The number of methoxy groups -OCH3 is 1. The van der Waals surface area contributed by atoms with Crippen LogP contribution in [0.25, 0.3) is 0 Å². The fourth-order valence-corrected chi connectivity index (χ4v) is 4.82. The zero-order chi connectivity index (χ0) is 21.8. The highest BCUT2D eigenvalue weighted by atomic mass is 32.2. The first-order chi connectivity index (χ1) is 15.0. The van der Waals surface area contributed by atoms with Gasteiger partial charge in [-0.2, -0.15) is 0 Å². The fourth-order valence-electron chi connectivity index (χ4n) is 3.31. The molecule has 31 heavy (non-hydrogen) atoms. The van der Waals surface area contributed by atoms with Crippen LogP contribution in [0, 0.1) is 0 Å². The Hall–Kier alpha value is -3.32. The number of rotatable bonds is 8. The second-order valence-electron chi connectivity index (χ2n) is 7.44. The van der Waals surface area contributed by atoms with Gasteiger partial charge in [0.15, 0.2) is 0 Å². The molecular weight excluding hydrogens is 412 g/mol. The van der Waals surface area contributed by atoms with E-state index in [2.05, 4.69) is 5.32 Å². The average molecular weight is 437 g/mol. The third-order valence-electron chi connectivity index (χ3n) is 5.12. The van der Waals surface area contributed by atoms with Crippen molar-refractivity contribution in [2.24, 2.45) is 0 Å². The zero-order valence-corrected chi connectivity index (χ0v) is 18.0. The molecule has 0 aromatic heterocycles. The summed E-state index contributed by atoms with van der Waals surface area (Å²) in [5.41, 5.74) is 1.59. The molecule has 0 atom stereocenters. The van der Waals surface area contributed by atoms with Crippen molar-refractivity contribution in [2.75, 3.05) is 11.4 Å². The standard InChI is InChI=1S/C24H24N2O4S/c1-30-23-13-6-5-12-22(23)26(17-18-8-3-2-4-9-18)31(28,29)21-11-7-10-19(16-21)24(27)25-20-14-15-20/h2-13,16,20H,14-15,17H2,1H3,(H,25,27). The van der Waals surface area contributed by atoms with E-state index in [1.165, 1.54) is 23.5 Å². The highest BCUT2D eigenvalue weighted by Gasteiger charge is 2.29. The van der Waals surface area contributed by atoms with Crippen molar-refractivity contribution in [3.8, 4) is 5.75 Å². The van der Waals surface area contributed by atoms with Crippen molar-refractivity contribution in [3.63, 3.8) is 0 Å². The van der Waals surface area contributed by atoms with E-state index in [0.717, 1.165) is 18.4 Å². The predicted molar refractivity (Wildman–Crippen MR) is 120 cm³/mol. The number of carbonyl (C=O) groups is 1. The topological polar surface area (TPSA) is 75.7 Å². The molecule has 0 unspecified atom stereocenters. The molecule has 1 N–H and O–H groups in total. The van der Waals surface area contributed by atoms with Crippen LogP contribution in [0.15, 0.2) is 83.8 Å². The van der Waals surface area contributed by atoms with Gasteiger partial charge in [0, 0.05) is 11.6 Å². The normalized spacial score (nSPS) is 13.5. The summed E-state index contributed by atoms with van der Waals surface area (Å²) < 4.78 is 34.3. The van der Waals surface area contributed by atoms with Crippen molar-refractivity contribution < 1.29 is 17.9 Å². The molecule has 1 amide bonds. The first-order valence-corrected chi connectivity index (χ1v) is 11.5. The first-order valence-electron chi connectivity index (χ1n) is 10.1. The molecule has 1 saturated carbocycles. The van der Waals surface area contributed by atoms with Crippen molar-refractivity contribution in [3.05, 3.63) is 90.0 Å². The molecule has 3 aromatic carbocycles. The molecule has 3 aromatic rings. The lowest BCUT2D eigenvalue weighted by Crippen LogP contribution is -2.31. The van der Waals surface area contributed by atoms with Crippen molar-refractivity contribution in [1.82, 2.24) is 5.32 Å². The van der Waals surface area contributed by atoms with Crippen LogP contribution in [0.1, 0.15) is 28.8 Å². The average Bonchev–Trinajstić information content (AvgIpc) is 3.62. The van der Waals surface area contributed by atoms with Gasteiger partial charge in [0.2, 0.25) is 0 Å². The summed E-state index contributed by atoms with van der Waals surface area (Å²) in [5.74, 6) is 0.191. The Balaban J connectivity index is 1.75. The number of sulfonamides is 1. The van der Waals surface area contributed by atoms with Gasteiger partial charge in [0.1, 0.15) is 5.75 Å². The number of hydrogen-bond acceptors (Lipinski definition) is 4. The molecule has 0 saturated heterocycles. The number of nitrogens with zero attached hydrogens (tertiary/aromatic N) is 1. The number of amides is 1. The summed E-state index contributed by atoms with van der Waals surface area (Å²) in [7, 11) is -2.47. The minimum atomic E-state index is -3.98. The van der Waals surface area contributed by atoms with Crippen LogP contribution in [-0.2, 0) is 16.6 Å². The smallest absolute Gasteiger partial charge is 0.264 e. The van der Waals surface area contributed by atoms with E-state index in [0.29, 0.717) is 17.0 Å². The molecule has 1 fully saturated rings. The lowest BCUT2D eigenvalue weighted by atomic mass is 10.2. The van der Waals surface area contributed by atoms with Crippen LogP contribution in [-0.4, -0.2) is 27.5 Å². The Labute approximate surface area is 182 Å². The van der Waals surface area contributed by atoms with Gasteiger partial charge >= 0.3 is 0 Å². The minimum Gasteiger partial charge on any atom is -0.495 e. The maximum Gasteiger partial charge on any atom is 0.264 e. The maximum atomic E-state index is 13.8. The number of hydrogen-bond donors (Lipinski definition) is 1. The number of anilines is 1. The Kier molecular flexibility index (Phi) is 5.95. The van der Waals surface area contributed by atoms with E-state index in [9.17, 15) is 13.2 Å². The van der Waals surface area contributed by atoms with Gasteiger partial charge < -0.3 is 10.1 Å². The molecule has 0 heterocycles. The SMILES string of the molecule is COc1ccccc1N(Cc1ccccc1)S(=O)(=O)c1cccc(C(=O)NC2CC2)c1. The van der Waals surface area contributed by atoms with Crippen LogP contribution in [0.3, 0.4) is 0 Å². The number of ether oxygens (including phenoxy) is 1. The van der Waals surface area contributed by atoms with E-state index in [1.807, 2.05) is 30.3 Å². The molecule has 0 spiro atoms. The van der Waals surface area contributed by atoms with Crippen molar-refractivity contribution >= 4 is 21.6 Å². The van der Waals surface area contributed by atoms with E-state index in [1.54, 1.807) is 36.4 Å². The van der Waals surface area contributed by atoms with Crippen molar-refractivity contribution in [1.29, 1.82) is 0 Å². The first kappa shape index (κ1) is 20.9. The largest absolute Gasteiger partial charge is 0.495 e. The lowest BCUT2D eigenvalue weighted by Gasteiger charge is -2.26. The van der Waals surface area contributed by atoms with Crippen LogP contribution in [0.4, 0.5) is 5.69 Å². The highest BCUT2D eigenvalue weighted by Crippen LogP contribution is 2.34. The Morgan fingerprint density at radius 1 is 1.00 bits per heavy atom. The third kappa shape index (κ3) is 4.72. The second-order valence-corrected chi connectivity index (χ2v) is 9.31. The Morgan fingerprint density at radius 3 is 2.42 bits per heavy atom. The van der Waals surface area contributed by atoms with Crippen molar-refractivity contribution in [2.45, 2.75) is 30.3 Å². The molecule has 0 aliphatic heterocycles. The van der Waals surface area contributed by atoms with E-state index < -0.39 is 10.0 Å². The van der Waals surface area contributed by atoms with Crippen LogP contribution in [0.5, 0.6) is 5.75 Å². The van der Waals surface area contributed by atoms with Gasteiger partial charge in [-0.3, -0.25) is 9.10 Å².